The minimum absolute atomic E-state index is 0.269. The van der Waals surface area contributed by atoms with Crippen molar-refractivity contribution in [1.29, 1.82) is 0 Å². The first-order valence-electron chi connectivity index (χ1n) is 8.32. The minimum atomic E-state index is -0.269. The maximum atomic E-state index is 12.4. The fraction of sp³-hybridized carbons (Fsp3) is 0.632. The van der Waals surface area contributed by atoms with E-state index in [0.717, 1.165) is 38.1 Å². The van der Waals surface area contributed by atoms with Crippen molar-refractivity contribution in [1.82, 2.24) is 4.90 Å². The van der Waals surface area contributed by atoms with Gasteiger partial charge in [-0.05, 0) is 49.3 Å². The second-order valence-electron chi connectivity index (χ2n) is 7.40. The molecule has 0 unspecified atom stereocenters. The predicted molar refractivity (Wildman–Crippen MR) is 90.1 cm³/mol. The van der Waals surface area contributed by atoms with E-state index < -0.39 is 0 Å². The number of amides is 1. The Bertz CT molecular complexity index is 504. The molecule has 0 spiro atoms. The van der Waals surface area contributed by atoms with Crippen LogP contribution >= 0.6 is 0 Å². The van der Waals surface area contributed by atoms with Crippen LogP contribution < -0.4 is 4.74 Å². The van der Waals surface area contributed by atoms with Crippen LogP contribution in [0.4, 0.5) is 0 Å². The number of nitrogens with zero attached hydrogens (tertiary/aromatic N) is 1. The summed E-state index contributed by atoms with van der Waals surface area (Å²) in [5.41, 5.74) is 1.05. The Hall–Kier alpha value is -1.51. The van der Waals surface area contributed by atoms with Crippen molar-refractivity contribution in [3.05, 3.63) is 29.8 Å². The molecular formula is C19H29NO2. The molecule has 0 aliphatic carbocycles. The molecule has 1 fully saturated rings. The summed E-state index contributed by atoms with van der Waals surface area (Å²) in [7, 11) is 1.70. The molecule has 3 heteroatoms. The number of ether oxygens (including phenoxy) is 1. The molecule has 1 aromatic carbocycles. The molecule has 22 heavy (non-hydrogen) atoms. The van der Waals surface area contributed by atoms with Crippen molar-refractivity contribution in [2.75, 3.05) is 20.2 Å². The van der Waals surface area contributed by atoms with Crippen molar-refractivity contribution in [3.8, 4) is 5.75 Å². The van der Waals surface area contributed by atoms with E-state index in [4.69, 9.17) is 4.74 Å². The lowest BCUT2D eigenvalue weighted by molar-refractivity contribution is -0.141. The summed E-state index contributed by atoms with van der Waals surface area (Å²) in [4.78, 5) is 14.5. The van der Waals surface area contributed by atoms with Gasteiger partial charge >= 0.3 is 0 Å². The standard InChI is InChI=1S/C19H29NO2/c1-19(2,3)18(21)20-12-6-8-16(14-20)11-10-15-7-5-9-17(13-15)22-4/h5,7,9,13,16H,6,8,10-12,14H2,1-4H3/t16-/m0/s1. The molecule has 0 aromatic heterocycles. The zero-order chi connectivity index (χ0) is 16.2. The first kappa shape index (κ1) is 16.9. The number of hydrogen-bond donors (Lipinski definition) is 0. The highest BCUT2D eigenvalue weighted by Crippen LogP contribution is 2.26. The van der Waals surface area contributed by atoms with Gasteiger partial charge in [-0.3, -0.25) is 4.79 Å². The van der Waals surface area contributed by atoms with Crippen molar-refractivity contribution in [2.45, 2.75) is 46.5 Å². The number of hydrogen-bond acceptors (Lipinski definition) is 2. The van der Waals surface area contributed by atoms with Gasteiger partial charge in [0, 0.05) is 18.5 Å². The van der Waals surface area contributed by atoms with Gasteiger partial charge in [-0.2, -0.15) is 0 Å². The number of carbonyl (C=O) groups excluding carboxylic acids is 1. The SMILES string of the molecule is COc1cccc(CC[C@@H]2CCCN(C(=O)C(C)(C)C)C2)c1. The van der Waals surface area contributed by atoms with Gasteiger partial charge in [0.05, 0.1) is 7.11 Å². The maximum absolute atomic E-state index is 12.4. The molecule has 2 rings (SSSR count). The van der Waals surface area contributed by atoms with Gasteiger partial charge in [-0.15, -0.1) is 0 Å². The fourth-order valence-corrected chi connectivity index (χ4v) is 3.16. The van der Waals surface area contributed by atoms with E-state index in [9.17, 15) is 4.79 Å². The quantitative estimate of drug-likeness (QED) is 0.844. The first-order chi connectivity index (χ1) is 10.4. The number of aryl methyl sites for hydroxylation is 1. The van der Waals surface area contributed by atoms with Crippen molar-refractivity contribution < 1.29 is 9.53 Å². The van der Waals surface area contributed by atoms with Gasteiger partial charge in [0.2, 0.25) is 5.91 Å². The third-order valence-electron chi connectivity index (χ3n) is 4.42. The molecule has 122 valence electrons. The third kappa shape index (κ3) is 4.49. The molecule has 0 radical (unpaired) electrons. The maximum Gasteiger partial charge on any atom is 0.227 e. The second kappa shape index (κ2) is 7.17. The van der Waals surface area contributed by atoms with Crippen molar-refractivity contribution in [2.24, 2.45) is 11.3 Å². The number of likely N-dealkylation sites (tertiary alicyclic amines) is 1. The topological polar surface area (TPSA) is 29.5 Å². The Morgan fingerprint density at radius 3 is 2.82 bits per heavy atom. The highest BCUT2D eigenvalue weighted by atomic mass is 16.5. The lowest BCUT2D eigenvalue weighted by atomic mass is 9.88. The summed E-state index contributed by atoms with van der Waals surface area (Å²) in [5.74, 6) is 1.83. The molecule has 1 amide bonds. The third-order valence-corrected chi connectivity index (χ3v) is 4.42. The number of piperidine rings is 1. The zero-order valence-corrected chi connectivity index (χ0v) is 14.4. The monoisotopic (exact) mass is 303 g/mol. The summed E-state index contributed by atoms with van der Waals surface area (Å²) in [5, 5.41) is 0. The van der Waals surface area contributed by atoms with E-state index in [1.165, 1.54) is 12.0 Å². The number of methoxy groups -OCH3 is 1. The van der Waals surface area contributed by atoms with E-state index in [1.54, 1.807) is 7.11 Å². The predicted octanol–water partition coefficient (Wildman–Crippen LogP) is 3.91. The summed E-state index contributed by atoms with van der Waals surface area (Å²) in [6.45, 7) is 7.87. The second-order valence-corrected chi connectivity index (χ2v) is 7.40. The molecule has 1 atom stereocenters. The summed E-state index contributed by atoms with van der Waals surface area (Å²) >= 11 is 0. The first-order valence-corrected chi connectivity index (χ1v) is 8.32. The minimum Gasteiger partial charge on any atom is -0.497 e. The molecule has 1 aliphatic heterocycles. The van der Waals surface area contributed by atoms with Crippen LogP contribution in [-0.4, -0.2) is 31.0 Å². The van der Waals surface area contributed by atoms with Gasteiger partial charge in [0.25, 0.3) is 0 Å². The lowest BCUT2D eigenvalue weighted by Gasteiger charge is -2.36. The summed E-state index contributed by atoms with van der Waals surface area (Å²) in [6.07, 6.45) is 4.56. The smallest absolute Gasteiger partial charge is 0.227 e. The number of carbonyl (C=O) groups is 1. The molecule has 1 aliphatic rings. The molecular weight excluding hydrogens is 274 g/mol. The lowest BCUT2D eigenvalue weighted by Crippen LogP contribution is -2.45. The summed E-state index contributed by atoms with van der Waals surface area (Å²) < 4.78 is 5.28. The van der Waals surface area contributed by atoms with Crippen molar-refractivity contribution in [3.63, 3.8) is 0 Å². The average molecular weight is 303 g/mol. The van der Waals surface area contributed by atoms with Crippen LogP contribution in [0.1, 0.15) is 45.6 Å². The van der Waals surface area contributed by atoms with Gasteiger partial charge in [0.15, 0.2) is 0 Å². The fourth-order valence-electron chi connectivity index (χ4n) is 3.16. The molecule has 3 nitrogen and oxygen atoms in total. The van der Waals surface area contributed by atoms with Crippen LogP contribution in [0.2, 0.25) is 0 Å². The van der Waals surface area contributed by atoms with Gasteiger partial charge < -0.3 is 9.64 Å². The Balaban J connectivity index is 1.89. The van der Waals surface area contributed by atoms with Crippen LogP contribution in [0.5, 0.6) is 5.75 Å². The molecule has 1 saturated heterocycles. The molecule has 1 heterocycles. The molecule has 0 N–H and O–H groups in total. The van der Waals surface area contributed by atoms with E-state index >= 15 is 0 Å². The van der Waals surface area contributed by atoms with Gasteiger partial charge in [-0.1, -0.05) is 32.9 Å². The van der Waals surface area contributed by atoms with Crippen LogP contribution in [0.3, 0.4) is 0 Å². The largest absolute Gasteiger partial charge is 0.497 e. The van der Waals surface area contributed by atoms with Crippen LogP contribution in [-0.2, 0) is 11.2 Å². The Kier molecular flexibility index (Phi) is 5.49. The van der Waals surface area contributed by atoms with Crippen LogP contribution in [0, 0.1) is 11.3 Å². The van der Waals surface area contributed by atoms with E-state index in [-0.39, 0.29) is 5.41 Å². The van der Waals surface area contributed by atoms with E-state index in [0.29, 0.717) is 11.8 Å². The number of rotatable bonds is 4. The van der Waals surface area contributed by atoms with Crippen molar-refractivity contribution >= 4 is 5.91 Å². The van der Waals surface area contributed by atoms with Gasteiger partial charge in [0.1, 0.15) is 5.75 Å². The molecule has 0 bridgehead atoms. The molecule has 0 saturated carbocycles. The Labute approximate surface area is 134 Å². The Morgan fingerprint density at radius 1 is 1.36 bits per heavy atom. The number of benzene rings is 1. The van der Waals surface area contributed by atoms with Gasteiger partial charge in [-0.25, -0.2) is 0 Å². The van der Waals surface area contributed by atoms with Crippen LogP contribution in [0.25, 0.3) is 0 Å². The van der Waals surface area contributed by atoms with E-state index in [2.05, 4.69) is 17.0 Å². The zero-order valence-electron chi connectivity index (χ0n) is 14.4. The normalized spacial score (nSPS) is 19.1. The Morgan fingerprint density at radius 2 is 2.14 bits per heavy atom. The van der Waals surface area contributed by atoms with Crippen LogP contribution in [0.15, 0.2) is 24.3 Å². The average Bonchev–Trinajstić information content (AvgIpc) is 2.52. The van der Waals surface area contributed by atoms with E-state index in [1.807, 2.05) is 32.9 Å². The molecule has 1 aromatic rings. The highest BCUT2D eigenvalue weighted by Gasteiger charge is 2.30. The highest BCUT2D eigenvalue weighted by molar-refractivity contribution is 5.81. The summed E-state index contributed by atoms with van der Waals surface area (Å²) in [6, 6.07) is 8.29.